The molecule has 0 rings (SSSR count). The molecule has 75 heavy (non-hydrogen) atoms. The standard InChI is InChI=1S/C66H117NO8/c1-6-8-10-12-14-16-18-20-22-24-26-27-28-29-30-31-32-33-34-35-36-37-39-41-43-45-47-49-51-53-55-57-64(69)75-62(61-74-66(65(70)71)72-59-58-67(3,4)5)60-73-63(68)56-54-52-50-48-46-44-42-40-38-25-23-21-19-17-15-13-11-9-7-2/h8,10,14-17,20-23,26-27,62,66H,6-7,9,11-13,18-19,24-25,28-61H2,1-5H3/b10-8-,16-14-,17-15-,22-20-,23-21-,27-26-. The Balaban J connectivity index is 4.14. The van der Waals surface area contributed by atoms with E-state index in [1.54, 1.807) is 0 Å². The van der Waals surface area contributed by atoms with Crippen molar-refractivity contribution >= 4 is 17.9 Å². The maximum atomic E-state index is 12.9. The number of nitrogens with zero attached hydrogens (tertiary/aromatic N) is 1. The number of unbranched alkanes of at least 4 members (excludes halogenated alkanes) is 30. The molecule has 2 atom stereocenters. The molecule has 0 aromatic heterocycles. The summed E-state index contributed by atoms with van der Waals surface area (Å²) in [7, 11) is 5.93. The van der Waals surface area contributed by atoms with Gasteiger partial charge in [0.15, 0.2) is 12.4 Å². The molecule has 0 aromatic rings. The Morgan fingerprint density at radius 2 is 0.760 bits per heavy atom. The molecule has 0 aliphatic heterocycles. The zero-order valence-electron chi connectivity index (χ0n) is 49.4. The fraction of sp³-hybridized carbons (Fsp3) is 0.773. The molecule has 434 valence electrons. The van der Waals surface area contributed by atoms with Crippen molar-refractivity contribution in [3.8, 4) is 0 Å². The van der Waals surface area contributed by atoms with Crippen LogP contribution in [0.25, 0.3) is 0 Å². The largest absolute Gasteiger partial charge is 0.545 e. The van der Waals surface area contributed by atoms with Crippen molar-refractivity contribution in [2.75, 3.05) is 47.5 Å². The molecule has 0 amide bonds. The van der Waals surface area contributed by atoms with Gasteiger partial charge in [-0.1, -0.05) is 247 Å². The predicted octanol–water partition coefficient (Wildman–Crippen LogP) is 17.2. The van der Waals surface area contributed by atoms with Crippen LogP contribution in [0, 0.1) is 0 Å². The first-order chi connectivity index (χ1) is 36.6. The Bertz CT molecular complexity index is 1460. The number of hydrogen-bond acceptors (Lipinski definition) is 8. The third kappa shape index (κ3) is 58.3. The fourth-order valence-corrected chi connectivity index (χ4v) is 8.68. The van der Waals surface area contributed by atoms with E-state index in [0.717, 1.165) is 64.2 Å². The number of carboxylic acids is 1. The Labute approximate surface area is 462 Å². The van der Waals surface area contributed by atoms with Gasteiger partial charge < -0.3 is 33.3 Å². The third-order valence-corrected chi connectivity index (χ3v) is 13.4. The maximum Gasteiger partial charge on any atom is 0.306 e. The molecule has 0 heterocycles. The SMILES string of the molecule is CC/C=C\C/C=C\C/C=C\C/C=C\CCCCCCCCCCCCCCCCCCCCC(=O)OC(COC(=O)CCCCCCCCCCC/C=C\C/C=C\CCCCC)COC(OCC[N+](C)(C)C)C(=O)[O-]. The summed E-state index contributed by atoms with van der Waals surface area (Å²) in [5, 5.41) is 11.8. The lowest BCUT2D eigenvalue weighted by atomic mass is 10.0. The van der Waals surface area contributed by atoms with Gasteiger partial charge in [-0.3, -0.25) is 9.59 Å². The molecule has 0 aliphatic carbocycles. The number of ether oxygens (including phenoxy) is 4. The Morgan fingerprint density at radius 1 is 0.413 bits per heavy atom. The Morgan fingerprint density at radius 3 is 1.13 bits per heavy atom. The highest BCUT2D eigenvalue weighted by molar-refractivity contribution is 5.70. The molecule has 2 unspecified atom stereocenters. The lowest BCUT2D eigenvalue weighted by molar-refractivity contribution is -0.870. The summed E-state index contributed by atoms with van der Waals surface area (Å²) in [5.74, 6) is -2.28. The summed E-state index contributed by atoms with van der Waals surface area (Å²) in [4.78, 5) is 37.3. The topological polar surface area (TPSA) is 111 Å². The Hall–Kier alpha value is -3.27. The van der Waals surface area contributed by atoms with Crippen LogP contribution in [-0.4, -0.2) is 82.3 Å². The monoisotopic (exact) mass is 1050 g/mol. The first kappa shape index (κ1) is 71.7. The van der Waals surface area contributed by atoms with Crippen molar-refractivity contribution in [1.82, 2.24) is 0 Å². The second-order valence-electron chi connectivity index (χ2n) is 22.0. The summed E-state index contributed by atoms with van der Waals surface area (Å²) < 4.78 is 22.7. The minimum absolute atomic E-state index is 0.146. The molecule has 0 aliphatic rings. The van der Waals surface area contributed by atoms with Crippen LogP contribution in [0.3, 0.4) is 0 Å². The molecule has 9 heteroatoms. The number of esters is 2. The predicted molar refractivity (Wildman–Crippen MR) is 315 cm³/mol. The van der Waals surface area contributed by atoms with Crippen LogP contribution in [0.4, 0.5) is 0 Å². The maximum absolute atomic E-state index is 12.9. The highest BCUT2D eigenvalue weighted by Gasteiger charge is 2.22. The number of allylic oxidation sites excluding steroid dienone is 12. The zero-order chi connectivity index (χ0) is 54.8. The molecule has 0 fully saturated rings. The number of aliphatic carboxylic acids is 1. The van der Waals surface area contributed by atoms with E-state index in [4.69, 9.17) is 18.9 Å². The van der Waals surface area contributed by atoms with E-state index >= 15 is 0 Å². The molecular weight excluding hydrogens is 935 g/mol. The van der Waals surface area contributed by atoms with Crippen molar-refractivity contribution in [1.29, 1.82) is 0 Å². The zero-order valence-corrected chi connectivity index (χ0v) is 49.4. The number of rotatable bonds is 57. The molecule has 0 saturated carbocycles. The molecule has 0 saturated heterocycles. The minimum Gasteiger partial charge on any atom is -0.545 e. The van der Waals surface area contributed by atoms with E-state index < -0.39 is 24.3 Å². The number of quaternary nitrogens is 1. The first-order valence-corrected chi connectivity index (χ1v) is 31.1. The molecule has 0 spiro atoms. The van der Waals surface area contributed by atoms with Crippen LogP contribution < -0.4 is 5.11 Å². The highest BCUT2D eigenvalue weighted by atomic mass is 16.7. The lowest BCUT2D eigenvalue weighted by Crippen LogP contribution is -2.44. The first-order valence-electron chi connectivity index (χ1n) is 31.1. The van der Waals surface area contributed by atoms with E-state index in [9.17, 15) is 19.5 Å². The number of likely N-dealkylation sites (N-methyl/N-ethyl adjacent to an activating group) is 1. The van der Waals surface area contributed by atoms with Crippen LogP contribution in [0.15, 0.2) is 72.9 Å². The van der Waals surface area contributed by atoms with E-state index in [1.165, 1.54) is 173 Å². The van der Waals surface area contributed by atoms with Crippen molar-refractivity contribution in [2.45, 2.75) is 283 Å². The summed E-state index contributed by atoms with van der Waals surface area (Å²) in [6.07, 6.45) is 71.0. The smallest absolute Gasteiger partial charge is 0.306 e. The lowest BCUT2D eigenvalue weighted by Gasteiger charge is -2.26. The van der Waals surface area contributed by atoms with Gasteiger partial charge in [-0.2, -0.15) is 0 Å². The number of carboxylic acid groups (broad SMARTS) is 1. The van der Waals surface area contributed by atoms with Crippen molar-refractivity contribution in [2.24, 2.45) is 0 Å². The van der Waals surface area contributed by atoms with Gasteiger partial charge >= 0.3 is 11.9 Å². The molecule has 9 nitrogen and oxygen atoms in total. The normalized spacial score (nSPS) is 13.2. The summed E-state index contributed by atoms with van der Waals surface area (Å²) in [6, 6.07) is 0. The summed E-state index contributed by atoms with van der Waals surface area (Å²) in [5.41, 5.74) is 0. The van der Waals surface area contributed by atoms with Crippen LogP contribution in [0.5, 0.6) is 0 Å². The molecular formula is C66H117NO8. The van der Waals surface area contributed by atoms with Gasteiger partial charge in [0.2, 0.25) is 0 Å². The van der Waals surface area contributed by atoms with Gasteiger partial charge in [0.25, 0.3) is 0 Å². The van der Waals surface area contributed by atoms with Gasteiger partial charge in [0.1, 0.15) is 13.2 Å². The van der Waals surface area contributed by atoms with Crippen molar-refractivity contribution in [3.63, 3.8) is 0 Å². The van der Waals surface area contributed by atoms with Crippen molar-refractivity contribution in [3.05, 3.63) is 72.9 Å². The van der Waals surface area contributed by atoms with Crippen LogP contribution in [0.1, 0.15) is 271 Å². The van der Waals surface area contributed by atoms with Crippen LogP contribution >= 0.6 is 0 Å². The Kier molecular flexibility index (Phi) is 54.4. The van der Waals surface area contributed by atoms with Gasteiger partial charge in [0.05, 0.1) is 40.3 Å². The van der Waals surface area contributed by atoms with Crippen LogP contribution in [0.2, 0.25) is 0 Å². The van der Waals surface area contributed by atoms with E-state index in [2.05, 4.69) is 86.8 Å². The second kappa shape index (κ2) is 56.9. The fourth-order valence-electron chi connectivity index (χ4n) is 8.68. The van der Waals surface area contributed by atoms with Crippen LogP contribution in [-0.2, 0) is 33.3 Å². The average Bonchev–Trinajstić information content (AvgIpc) is 3.38. The van der Waals surface area contributed by atoms with E-state index in [-0.39, 0.29) is 38.6 Å². The van der Waals surface area contributed by atoms with Gasteiger partial charge in [0, 0.05) is 12.8 Å². The minimum atomic E-state index is -1.62. The quantitative estimate of drug-likeness (QED) is 0.0195. The highest BCUT2D eigenvalue weighted by Crippen LogP contribution is 2.17. The molecule has 0 bridgehead atoms. The molecule has 0 N–H and O–H groups in total. The number of hydrogen-bond donors (Lipinski definition) is 0. The molecule has 0 radical (unpaired) electrons. The van der Waals surface area contributed by atoms with Gasteiger partial charge in [-0.25, -0.2) is 0 Å². The van der Waals surface area contributed by atoms with Crippen molar-refractivity contribution < 1.29 is 42.9 Å². The second-order valence-corrected chi connectivity index (χ2v) is 22.0. The summed E-state index contributed by atoms with van der Waals surface area (Å²) in [6.45, 7) is 4.63. The van der Waals surface area contributed by atoms with Gasteiger partial charge in [-0.15, -0.1) is 0 Å². The molecule has 0 aromatic carbocycles. The van der Waals surface area contributed by atoms with Gasteiger partial charge in [-0.05, 0) is 83.5 Å². The van der Waals surface area contributed by atoms with E-state index in [1.807, 2.05) is 21.1 Å². The summed E-state index contributed by atoms with van der Waals surface area (Å²) >= 11 is 0. The third-order valence-electron chi connectivity index (χ3n) is 13.4. The average molecular weight is 1050 g/mol. The van der Waals surface area contributed by atoms with E-state index in [0.29, 0.717) is 17.4 Å². The number of carbonyl (C=O) groups is 3. The number of carbonyl (C=O) groups excluding carboxylic acids is 3.